The fraction of sp³-hybridized carbons (Fsp3) is 0.375. The third kappa shape index (κ3) is 7.81. The Morgan fingerprint density at radius 3 is 2.47 bits per heavy atom. The number of hydrogen-bond acceptors (Lipinski definition) is 4. The zero-order chi connectivity index (χ0) is 24.6. The molecular formula is C24H26F3N3O3S. The van der Waals surface area contributed by atoms with Gasteiger partial charge in [0, 0.05) is 19.5 Å². The van der Waals surface area contributed by atoms with Gasteiger partial charge in [0.2, 0.25) is 5.91 Å². The van der Waals surface area contributed by atoms with Crippen LogP contribution in [0.25, 0.3) is 10.9 Å². The lowest BCUT2D eigenvalue weighted by molar-refractivity contribution is -0.176. The number of para-hydroxylation sites is 1. The number of H-pyrrole nitrogens is 1. The second-order valence-electron chi connectivity index (χ2n) is 7.94. The first-order chi connectivity index (χ1) is 16.2. The van der Waals surface area contributed by atoms with Gasteiger partial charge < -0.3 is 15.0 Å². The fourth-order valence-corrected chi connectivity index (χ4v) is 3.75. The van der Waals surface area contributed by atoms with Gasteiger partial charge in [-0.2, -0.15) is 13.2 Å². The largest absolute Gasteiger partial charge is 0.411 e. The Morgan fingerprint density at radius 2 is 1.74 bits per heavy atom. The van der Waals surface area contributed by atoms with Crippen LogP contribution in [0.5, 0.6) is 0 Å². The first kappa shape index (κ1) is 25.6. The zero-order valence-corrected chi connectivity index (χ0v) is 19.3. The number of nitrogens with zero attached hydrogens (tertiary/aromatic N) is 1. The van der Waals surface area contributed by atoms with E-state index in [9.17, 15) is 22.8 Å². The van der Waals surface area contributed by atoms with E-state index < -0.39 is 12.8 Å². The Bertz CT molecular complexity index is 1220. The lowest BCUT2D eigenvalue weighted by atomic mass is 10.1. The Kier molecular flexibility index (Phi) is 9.00. The van der Waals surface area contributed by atoms with Crippen LogP contribution in [0.2, 0.25) is 0 Å². The van der Waals surface area contributed by atoms with Crippen LogP contribution in [0.3, 0.4) is 0 Å². The van der Waals surface area contributed by atoms with Crippen molar-refractivity contribution in [3.63, 3.8) is 0 Å². The molecular weight excluding hydrogens is 467 g/mol. The Labute approximate surface area is 199 Å². The maximum Gasteiger partial charge on any atom is 0.411 e. The standard InChI is InChI=1S/C24H26F3N3O3S/c25-24(26,27)16-33-15-18-11-9-17(10-12-18)14-28-21(31)8-2-1-5-13-30-22(32)19-6-3-4-7-20(19)29-23(30)34/h3-4,6-7,9-12H,1-2,5,8,13-16H2,(H,28,31)(H,29,34). The summed E-state index contributed by atoms with van der Waals surface area (Å²) in [7, 11) is 0. The molecule has 6 nitrogen and oxygen atoms in total. The third-order valence-electron chi connectivity index (χ3n) is 5.22. The number of carbonyl (C=O) groups excluding carboxylic acids is 1. The average Bonchev–Trinajstić information content (AvgIpc) is 2.79. The fourth-order valence-electron chi connectivity index (χ4n) is 3.46. The summed E-state index contributed by atoms with van der Waals surface area (Å²) in [5.41, 5.74) is 2.08. The highest BCUT2D eigenvalue weighted by atomic mass is 32.1. The molecule has 0 radical (unpaired) electrons. The summed E-state index contributed by atoms with van der Waals surface area (Å²) in [6.45, 7) is -0.580. The number of hydrogen-bond donors (Lipinski definition) is 2. The number of unbranched alkanes of at least 4 members (excludes halogenated alkanes) is 2. The minimum Gasteiger partial charge on any atom is -0.367 e. The first-order valence-corrected chi connectivity index (χ1v) is 11.3. The summed E-state index contributed by atoms with van der Waals surface area (Å²) < 4.78 is 42.9. The Hall–Kier alpha value is -2.98. The molecule has 3 aromatic rings. The summed E-state index contributed by atoms with van der Waals surface area (Å²) in [5.74, 6) is -0.0854. The molecule has 0 atom stereocenters. The summed E-state index contributed by atoms with van der Waals surface area (Å²) >= 11 is 5.30. The zero-order valence-electron chi connectivity index (χ0n) is 18.5. The van der Waals surface area contributed by atoms with Crippen LogP contribution in [0.1, 0.15) is 36.8 Å². The van der Waals surface area contributed by atoms with Crippen molar-refractivity contribution in [3.8, 4) is 0 Å². The minimum absolute atomic E-state index is 0.0854. The molecule has 182 valence electrons. The molecule has 1 aromatic heterocycles. The van der Waals surface area contributed by atoms with Crippen LogP contribution in [0.4, 0.5) is 13.2 Å². The predicted molar refractivity (Wildman–Crippen MR) is 126 cm³/mol. The number of ether oxygens (including phenoxy) is 1. The topological polar surface area (TPSA) is 76.1 Å². The molecule has 1 heterocycles. The lowest BCUT2D eigenvalue weighted by Gasteiger charge is -2.09. The number of carbonyl (C=O) groups is 1. The van der Waals surface area contributed by atoms with Crippen molar-refractivity contribution in [1.29, 1.82) is 0 Å². The monoisotopic (exact) mass is 493 g/mol. The quantitative estimate of drug-likeness (QED) is 0.291. The third-order valence-corrected chi connectivity index (χ3v) is 5.54. The number of rotatable bonds is 11. The number of nitrogens with one attached hydrogen (secondary N) is 2. The minimum atomic E-state index is -4.34. The molecule has 0 aliphatic heterocycles. The van der Waals surface area contributed by atoms with Crippen molar-refractivity contribution in [2.45, 2.75) is 51.6 Å². The number of aromatic nitrogens is 2. The van der Waals surface area contributed by atoms with E-state index in [1.54, 1.807) is 34.9 Å². The number of benzene rings is 2. The van der Waals surface area contributed by atoms with Crippen molar-refractivity contribution >= 4 is 29.0 Å². The molecule has 0 saturated heterocycles. The molecule has 2 aromatic carbocycles. The van der Waals surface area contributed by atoms with Crippen molar-refractivity contribution in [2.24, 2.45) is 0 Å². The molecule has 0 saturated carbocycles. The van der Waals surface area contributed by atoms with Gasteiger partial charge in [-0.1, -0.05) is 42.8 Å². The van der Waals surface area contributed by atoms with Gasteiger partial charge in [0.05, 0.1) is 17.5 Å². The highest BCUT2D eigenvalue weighted by Gasteiger charge is 2.27. The first-order valence-electron chi connectivity index (χ1n) is 10.9. The molecule has 34 heavy (non-hydrogen) atoms. The van der Waals surface area contributed by atoms with Gasteiger partial charge in [-0.25, -0.2) is 0 Å². The van der Waals surface area contributed by atoms with Gasteiger partial charge in [-0.3, -0.25) is 14.2 Å². The predicted octanol–water partition coefficient (Wildman–Crippen LogP) is 5.01. The Balaban J connectivity index is 1.35. The second kappa shape index (κ2) is 11.9. The molecule has 3 rings (SSSR count). The van der Waals surface area contributed by atoms with Crippen molar-refractivity contribution in [2.75, 3.05) is 6.61 Å². The van der Waals surface area contributed by atoms with Crippen molar-refractivity contribution < 1.29 is 22.7 Å². The van der Waals surface area contributed by atoms with Crippen LogP contribution in [0.15, 0.2) is 53.3 Å². The van der Waals surface area contributed by atoms with Gasteiger partial charge in [0.25, 0.3) is 5.56 Å². The van der Waals surface area contributed by atoms with Crippen LogP contribution in [0, 0.1) is 4.77 Å². The maximum atomic E-state index is 12.6. The maximum absolute atomic E-state index is 12.6. The van der Waals surface area contributed by atoms with Gasteiger partial charge in [0.15, 0.2) is 4.77 Å². The molecule has 10 heteroatoms. The number of alkyl halides is 3. The molecule has 0 spiro atoms. The number of halogens is 3. The van der Waals surface area contributed by atoms with Crippen molar-refractivity contribution in [3.05, 3.63) is 74.8 Å². The van der Waals surface area contributed by atoms with E-state index in [4.69, 9.17) is 12.2 Å². The van der Waals surface area contributed by atoms with Gasteiger partial charge in [-0.15, -0.1) is 0 Å². The van der Waals surface area contributed by atoms with Crippen molar-refractivity contribution in [1.82, 2.24) is 14.9 Å². The summed E-state index contributed by atoms with van der Waals surface area (Å²) in [4.78, 5) is 27.8. The molecule has 2 N–H and O–H groups in total. The summed E-state index contributed by atoms with van der Waals surface area (Å²) in [6.07, 6.45) is -1.80. The lowest BCUT2D eigenvalue weighted by Crippen LogP contribution is -2.23. The highest BCUT2D eigenvalue weighted by molar-refractivity contribution is 7.71. The summed E-state index contributed by atoms with van der Waals surface area (Å²) in [6, 6.07) is 14.1. The summed E-state index contributed by atoms with van der Waals surface area (Å²) in [5, 5.41) is 3.43. The van der Waals surface area contributed by atoms with E-state index in [1.807, 2.05) is 18.2 Å². The van der Waals surface area contributed by atoms with Gasteiger partial charge in [0.1, 0.15) is 6.61 Å². The van der Waals surface area contributed by atoms with Gasteiger partial charge >= 0.3 is 6.18 Å². The molecule has 0 aliphatic rings. The normalized spacial score (nSPS) is 11.6. The Morgan fingerprint density at radius 1 is 1.03 bits per heavy atom. The van der Waals surface area contributed by atoms with E-state index in [2.05, 4.69) is 15.0 Å². The smallest absolute Gasteiger partial charge is 0.367 e. The van der Waals surface area contributed by atoms with E-state index >= 15 is 0 Å². The van der Waals surface area contributed by atoms with Crippen LogP contribution in [-0.4, -0.2) is 28.2 Å². The molecule has 0 fully saturated rings. The molecule has 0 unspecified atom stereocenters. The number of fused-ring (bicyclic) bond motifs is 1. The van der Waals surface area contributed by atoms with E-state index in [-0.39, 0.29) is 18.1 Å². The average molecular weight is 494 g/mol. The van der Waals surface area contributed by atoms with E-state index in [0.717, 1.165) is 23.9 Å². The highest BCUT2D eigenvalue weighted by Crippen LogP contribution is 2.16. The number of aromatic amines is 1. The van der Waals surface area contributed by atoms with Crippen LogP contribution in [-0.2, 0) is 29.2 Å². The second-order valence-corrected chi connectivity index (χ2v) is 8.33. The SMILES string of the molecule is O=C(CCCCCn1c(=S)[nH]c2ccccc2c1=O)NCc1ccc(COCC(F)(F)F)cc1. The number of amides is 1. The van der Waals surface area contributed by atoms with Gasteiger partial charge in [-0.05, 0) is 48.3 Å². The van der Waals surface area contributed by atoms with Crippen LogP contribution >= 0.6 is 12.2 Å². The van der Waals surface area contributed by atoms with E-state index in [1.165, 1.54) is 0 Å². The molecule has 0 bridgehead atoms. The molecule has 0 aliphatic carbocycles. The van der Waals surface area contributed by atoms with Crippen LogP contribution < -0.4 is 10.9 Å². The molecule has 1 amide bonds. The van der Waals surface area contributed by atoms with E-state index in [0.29, 0.717) is 41.7 Å².